The maximum Gasteiger partial charge on any atom is 0.387 e. The second kappa shape index (κ2) is 6.51. The molecule has 1 saturated heterocycles. The summed E-state index contributed by atoms with van der Waals surface area (Å²) in [5, 5.41) is 0. The van der Waals surface area contributed by atoms with Gasteiger partial charge in [0.15, 0.2) is 0 Å². The topological polar surface area (TPSA) is 72.6 Å². The Bertz CT molecular complexity index is 537. The highest BCUT2D eigenvalue weighted by atomic mass is 19.3. The van der Waals surface area contributed by atoms with Crippen molar-refractivity contribution in [1.82, 2.24) is 4.90 Å². The third kappa shape index (κ3) is 3.90. The molecule has 0 aliphatic carbocycles. The molecule has 0 bridgehead atoms. The van der Waals surface area contributed by atoms with Crippen molar-refractivity contribution in [3.8, 4) is 5.75 Å². The van der Waals surface area contributed by atoms with Crippen LogP contribution in [0.3, 0.4) is 0 Å². The molecule has 1 aromatic carbocycles. The van der Waals surface area contributed by atoms with Crippen molar-refractivity contribution in [3.05, 3.63) is 29.8 Å². The van der Waals surface area contributed by atoms with Crippen molar-refractivity contribution in [2.45, 2.75) is 19.5 Å². The van der Waals surface area contributed by atoms with E-state index in [1.807, 2.05) is 0 Å². The van der Waals surface area contributed by atoms with Gasteiger partial charge in [-0.1, -0.05) is 6.07 Å². The zero-order valence-corrected chi connectivity index (χ0v) is 11.3. The molecule has 114 valence electrons. The number of rotatable bonds is 4. The highest BCUT2D eigenvalue weighted by Crippen LogP contribution is 2.21. The van der Waals surface area contributed by atoms with E-state index >= 15 is 0 Å². The van der Waals surface area contributed by atoms with Crippen LogP contribution in [0.15, 0.2) is 24.3 Å². The number of piperidine rings is 1. The van der Waals surface area contributed by atoms with E-state index in [9.17, 15) is 18.4 Å². The van der Waals surface area contributed by atoms with Crippen LogP contribution >= 0.6 is 0 Å². The molecule has 7 heteroatoms. The Kier molecular flexibility index (Phi) is 4.72. The summed E-state index contributed by atoms with van der Waals surface area (Å²) in [7, 11) is 0. The van der Waals surface area contributed by atoms with Gasteiger partial charge in [-0.15, -0.1) is 0 Å². The number of alkyl halides is 2. The molecular formula is C14H16F2N2O3. The lowest BCUT2D eigenvalue weighted by atomic mass is 9.97. The van der Waals surface area contributed by atoms with E-state index in [1.54, 1.807) is 0 Å². The minimum Gasteiger partial charge on any atom is -0.435 e. The second-order valence-corrected chi connectivity index (χ2v) is 4.90. The Balaban J connectivity index is 2.10. The van der Waals surface area contributed by atoms with Gasteiger partial charge >= 0.3 is 6.61 Å². The van der Waals surface area contributed by atoms with Crippen molar-refractivity contribution in [1.29, 1.82) is 0 Å². The SMILES string of the molecule is NC(=O)C1CCCN(C(=O)c2cccc(OC(F)F)c2)C1. The van der Waals surface area contributed by atoms with Crippen LogP contribution in [0, 0.1) is 5.92 Å². The first kappa shape index (κ1) is 15.2. The largest absolute Gasteiger partial charge is 0.435 e. The average Bonchev–Trinajstić information content (AvgIpc) is 2.46. The van der Waals surface area contributed by atoms with Crippen molar-refractivity contribution in [2.75, 3.05) is 13.1 Å². The summed E-state index contributed by atoms with van der Waals surface area (Å²) in [5.41, 5.74) is 5.52. The van der Waals surface area contributed by atoms with E-state index < -0.39 is 12.5 Å². The Hall–Kier alpha value is -2.18. The van der Waals surface area contributed by atoms with Gasteiger partial charge in [-0.05, 0) is 31.0 Å². The van der Waals surface area contributed by atoms with E-state index in [0.717, 1.165) is 0 Å². The van der Waals surface area contributed by atoms with Gasteiger partial charge in [0, 0.05) is 18.7 Å². The lowest BCUT2D eigenvalue weighted by Crippen LogP contribution is -2.44. The Labute approximate surface area is 120 Å². The lowest BCUT2D eigenvalue weighted by molar-refractivity contribution is -0.123. The summed E-state index contributed by atoms with van der Waals surface area (Å²) in [4.78, 5) is 25.1. The van der Waals surface area contributed by atoms with Crippen molar-refractivity contribution in [2.24, 2.45) is 11.7 Å². The number of amides is 2. The first-order valence-electron chi connectivity index (χ1n) is 6.61. The van der Waals surface area contributed by atoms with Gasteiger partial charge in [-0.2, -0.15) is 8.78 Å². The molecule has 1 unspecified atom stereocenters. The molecule has 2 amide bonds. The number of nitrogens with two attached hydrogens (primary N) is 1. The molecule has 1 aliphatic heterocycles. The van der Waals surface area contributed by atoms with Crippen LogP contribution in [0.2, 0.25) is 0 Å². The zero-order valence-electron chi connectivity index (χ0n) is 11.3. The average molecular weight is 298 g/mol. The number of carbonyl (C=O) groups is 2. The number of benzene rings is 1. The van der Waals surface area contributed by atoms with Crippen molar-refractivity contribution in [3.63, 3.8) is 0 Å². The normalized spacial score (nSPS) is 18.6. The van der Waals surface area contributed by atoms with Crippen LogP contribution in [0.1, 0.15) is 23.2 Å². The number of halogens is 2. The van der Waals surface area contributed by atoms with Crippen LogP contribution in [-0.2, 0) is 4.79 Å². The van der Waals surface area contributed by atoms with Gasteiger partial charge in [0.2, 0.25) is 5.91 Å². The molecule has 1 heterocycles. The van der Waals surface area contributed by atoms with E-state index in [0.29, 0.717) is 19.4 Å². The summed E-state index contributed by atoms with van der Waals surface area (Å²) < 4.78 is 28.6. The number of hydrogen-bond acceptors (Lipinski definition) is 3. The van der Waals surface area contributed by atoms with Gasteiger partial charge in [-0.25, -0.2) is 0 Å². The van der Waals surface area contributed by atoms with E-state index in [2.05, 4.69) is 4.74 Å². The fourth-order valence-corrected chi connectivity index (χ4v) is 2.38. The van der Waals surface area contributed by atoms with Crippen molar-refractivity contribution >= 4 is 11.8 Å². The van der Waals surface area contributed by atoms with Gasteiger partial charge in [0.25, 0.3) is 5.91 Å². The fraction of sp³-hybridized carbons (Fsp3) is 0.429. The minimum absolute atomic E-state index is 0.0701. The van der Waals surface area contributed by atoms with E-state index in [4.69, 9.17) is 5.73 Å². The summed E-state index contributed by atoms with van der Waals surface area (Å²) in [5.74, 6) is -1.18. The smallest absolute Gasteiger partial charge is 0.387 e. The van der Waals surface area contributed by atoms with Crippen molar-refractivity contribution < 1.29 is 23.1 Å². The van der Waals surface area contributed by atoms with E-state index in [-0.39, 0.29) is 29.7 Å². The number of hydrogen-bond donors (Lipinski definition) is 1. The third-order valence-corrected chi connectivity index (χ3v) is 3.42. The number of nitrogens with zero attached hydrogens (tertiary/aromatic N) is 1. The predicted molar refractivity (Wildman–Crippen MR) is 70.9 cm³/mol. The number of ether oxygens (including phenoxy) is 1. The molecule has 1 aromatic rings. The molecule has 2 N–H and O–H groups in total. The first-order chi connectivity index (χ1) is 9.97. The lowest BCUT2D eigenvalue weighted by Gasteiger charge is -2.31. The quantitative estimate of drug-likeness (QED) is 0.918. The molecule has 1 aliphatic rings. The maximum absolute atomic E-state index is 12.3. The second-order valence-electron chi connectivity index (χ2n) is 4.90. The van der Waals surface area contributed by atoms with E-state index in [1.165, 1.54) is 29.2 Å². The molecule has 21 heavy (non-hydrogen) atoms. The Morgan fingerprint density at radius 1 is 1.38 bits per heavy atom. The molecule has 0 spiro atoms. The van der Waals surface area contributed by atoms with Crippen LogP contribution in [0.5, 0.6) is 5.75 Å². The molecule has 1 atom stereocenters. The van der Waals surface area contributed by atoms with Gasteiger partial charge in [0.05, 0.1) is 5.92 Å². The summed E-state index contributed by atoms with van der Waals surface area (Å²) in [6.07, 6.45) is 1.35. The molecule has 5 nitrogen and oxygen atoms in total. The fourth-order valence-electron chi connectivity index (χ4n) is 2.38. The first-order valence-corrected chi connectivity index (χ1v) is 6.61. The standard InChI is InChI=1S/C14H16F2N2O3/c15-14(16)21-11-5-1-3-9(7-11)13(20)18-6-2-4-10(8-18)12(17)19/h1,3,5,7,10,14H,2,4,6,8H2,(H2,17,19). The summed E-state index contributed by atoms with van der Waals surface area (Å²) >= 11 is 0. The molecule has 2 rings (SSSR count). The number of carbonyl (C=O) groups excluding carboxylic acids is 2. The molecular weight excluding hydrogens is 282 g/mol. The van der Waals surface area contributed by atoms with Crippen LogP contribution in [0.4, 0.5) is 8.78 Å². The summed E-state index contributed by atoms with van der Waals surface area (Å²) in [6.45, 7) is -2.17. The van der Waals surface area contributed by atoms with Gasteiger partial charge < -0.3 is 15.4 Å². The Morgan fingerprint density at radius 2 is 2.14 bits per heavy atom. The molecule has 0 aromatic heterocycles. The minimum atomic E-state index is -2.94. The molecule has 0 radical (unpaired) electrons. The molecule has 0 saturated carbocycles. The highest BCUT2D eigenvalue weighted by Gasteiger charge is 2.27. The van der Waals surface area contributed by atoms with Gasteiger partial charge in [0.1, 0.15) is 5.75 Å². The summed E-state index contributed by atoms with van der Waals surface area (Å²) in [6, 6.07) is 5.61. The predicted octanol–water partition coefficient (Wildman–Crippen LogP) is 1.63. The number of primary amides is 1. The van der Waals surface area contributed by atoms with Crippen LogP contribution in [-0.4, -0.2) is 36.4 Å². The zero-order chi connectivity index (χ0) is 15.4. The Morgan fingerprint density at radius 3 is 2.81 bits per heavy atom. The maximum atomic E-state index is 12.3. The molecule has 1 fully saturated rings. The monoisotopic (exact) mass is 298 g/mol. The third-order valence-electron chi connectivity index (χ3n) is 3.42. The highest BCUT2D eigenvalue weighted by molar-refractivity contribution is 5.95. The van der Waals surface area contributed by atoms with Gasteiger partial charge in [-0.3, -0.25) is 9.59 Å². The number of likely N-dealkylation sites (tertiary alicyclic amines) is 1. The van der Waals surface area contributed by atoms with Crippen LogP contribution in [0.25, 0.3) is 0 Å². The van der Waals surface area contributed by atoms with Crippen LogP contribution < -0.4 is 10.5 Å².